The molecule has 0 radical (unpaired) electrons. The third kappa shape index (κ3) is 3.02. The van der Waals surface area contributed by atoms with E-state index in [1.165, 1.54) is 5.56 Å². The third-order valence-corrected chi connectivity index (χ3v) is 2.66. The van der Waals surface area contributed by atoms with Crippen molar-refractivity contribution in [3.8, 4) is 0 Å². The Morgan fingerprint density at radius 1 is 1.40 bits per heavy atom. The molecule has 2 N–H and O–H groups in total. The molecule has 15 heavy (non-hydrogen) atoms. The van der Waals surface area contributed by atoms with Crippen LogP contribution in [-0.2, 0) is 4.74 Å². The lowest BCUT2D eigenvalue weighted by atomic mass is 10.1. The molecule has 1 aromatic rings. The average molecular weight is 206 g/mol. The molecule has 3 heteroatoms. The first kappa shape index (κ1) is 10.6. The molecule has 3 nitrogen and oxygen atoms in total. The predicted octanol–water partition coefficient (Wildman–Crippen LogP) is 1.28. The lowest BCUT2D eigenvalue weighted by Crippen LogP contribution is -2.47. The Morgan fingerprint density at radius 3 is 2.87 bits per heavy atom. The van der Waals surface area contributed by atoms with Crippen LogP contribution in [0.15, 0.2) is 30.3 Å². The minimum atomic E-state index is 0.133. The summed E-state index contributed by atoms with van der Waals surface area (Å²) in [4.78, 5) is 0. The van der Waals surface area contributed by atoms with Crippen LogP contribution in [-0.4, -0.2) is 25.9 Å². The van der Waals surface area contributed by atoms with Gasteiger partial charge in [-0.1, -0.05) is 30.3 Å². The van der Waals surface area contributed by atoms with Crippen molar-refractivity contribution in [3.05, 3.63) is 35.9 Å². The van der Waals surface area contributed by atoms with E-state index in [1.807, 2.05) is 6.07 Å². The van der Waals surface area contributed by atoms with Crippen molar-refractivity contribution in [1.82, 2.24) is 10.6 Å². The van der Waals surface area contributed by atoms with Gasteiger partial charge in [0.05, 0.1) is 6.61 Å². The van der Waals surface area contributed by atoms with E-state index in [4.69, 9.17) is 4.74 Å². The molecule has 2 atom stereocenters. The summed E-state index contributed by atoms with van der Waals surface area (Å²) in [5.74, 6) is 0. The number of ether oxygens (including phenoxy) is 1. The van der Waals surface area contributed by atoms with Gasteiger partial charge in [0.1, 0.15) is 6.23 Å². The first-order valence-corrected chi connectivity index (χ1v) is 5.49. The molecule has 0 aromatic heterocycles. The predicted molar refractivity (Wildman–Crippen MR) is 60.6 cm³/mol. The van der Waals surface area contributed by atoms with Crippen LogP contribution in [0.1, 0.15) is 18.5 Å². The van der Waals surface area contributed by atoms with Crippen LogP contribution >= 0.6 is 0 Å². The highest BCUT2D eigenvalue weighted by Crippen LogP contribution is 2.12. The maximum Gasteiger partial charge on any atom is 0.121 e. The van der Waals surface area contributed by atoms with Crippen LogP contribution in [0.5, 0.6) is 0 Å². The quantitative estimate of drug-likeness (QED) is 0.781. The van der Waals surface area contributed by atoms with Crippen LogP contribution < -0.4 is 10.6 Å². The molecule has 0 amide bonds. The van der Waals surface area contributed by atoms with E-state index in [9.17, 15) is 0 Å². The molecular formula is C12H18N2O. The standard InChI is InChI=1S/C12H18N2O/c1-10(11-5-3-2-4-6-11)14-12-9-13-7-8-15-12/h2-6,10,12-14H,7-9H2,1H3. The van der Waals surface area contributed by atoms with E-state index in [-0.39, 0.29) is 6.23 Å². The second kappa shape index (κ2) is 5.26. The fourth-order valence-corrected chi connectivity index (χ4v) is 1.79. The number of benzene rings is 1. The lowest BCUT2D eigenvalue weighted by molar-refractivity contribution is 0.000648. The van der Waals surface area contributed by atoms with Crippen molar-refractivity contribution < 1.29 is 4.74 Å². The van der Waals surface area contributed by atoms with Crippen molar-refractivity contribution in [2.75, 3.05) is 19.7 Å². The van der Waals surface area contributed by atoms with Crippen molar-refractivity contribution in [2.24, 2.45) is 0 Å². The van der Waals surface area contributed by atoms with Gasteiger partial charge in [0.25, 0.3) is 0 Å². The second-order valence-electron chi connectivity index (χ2n) is 3.86. The van der Waals surface area contributed by atoms with Crippen molar-refractivity contribution in [3.63, 3.8) is 0 Å². The molecule has 0 bridgehead atoms. The van der Waals surface area contributed by atoms with Gasteiger partial charge in [-0.3, -0.25) is 5.32 Å². The summed E-state index contributed by atoms with van der Waals surface area (Å²) < 4.78 is 5.60. The topological polar surface area (TPSA) is 33.3 Å². The summed E-state index contributed by atoms with van der Waals surface area (Å²) in [5.41, 5.74) is 1.30. The van der Waals surface area contributed by atoms with Gasteiger partial charge in [0.2, 0.25) is 0 Å². The first-order valence-electron chi connectivity index (χ1n) is 5.49. The lowest BCUT2D eigenvalue weighted by Gasteiger charge is -2.27. The summed E-state index contributed by atoms with van der Waals surface area (Å²) in [6, 6.07) is 10.8. The van der Waals surface area contributed by atoms with E-state index in [0.29, 0.717) is 6.04 Å². The molecule has 0 spiro atoms. The number of hydrogen-bond donors (Lipinski definition) is 2. The minimum absolute atomic E-state index is 0.133. The highest BCUT2D eigenvalue weighted by Gasteiger charge is 2.15. The largest absolute Gasteiger partial charge is 0.361 e. The molecule has 0 aliphatic carbocycles. The molecule has 1 heterocycles. The summed E-state index contributed by atoms with van der Waals surface area (Å²) in [5, 5.41) is 6.75. The summed E-state index contributed by atoms with van der Waals surface area (Å²) >= 11 is 0. The van der Waals surface area contributed by atoms with E-state index < -0.39 is 0 Å². The van der Waals surface area contributed by atoms with Gasteiger partial charge in [0, 0.05) is 19.1 Å². The maximum atomic E-state index is 5.60. The van der Waals surface area contributed by atoms with E-state index in [2.05, 4.69) is 41.8 Å². The highest BCUT2D eigenvalue weighted by molar-refractivity contribution is 5.18. The van der Waals surface area contributed by atoms with Gasteiger partial charge in [-0.25, -0.2) is 0 Å². The monoisotopic (exact) mass is 206 g/mol. The molecule has 2 rings (SSSR count). The zero-order chi connectivity index (χ0) is 10.5. The fraction of sp³-hybridized carbons (Fsp3) is 0.500. The molecule has 0 saturated carbocycles. The molecule has 1 saturated heterocycles. The minimum Gasteiger partial charge on any atom is -0.361 e. The van der Waals surface area contributed by atoms with Gasteiger partial charge in [-0.15, -0.1) is 0 Å². The maximum absolute atomic E-state index is 5.60. The average Bonchev–Trinajstić information content (AvgIpc) is 2.31. The normalized spacial score (nSPS) is 23.7. The van der Waals surface area contributed by atoms with E-state index in [0.717, 1.165) is 19.7 Å². The SMILES string of the molecule is CC(NC1CNCCO1)c1ccccc1. The van der Waals surface area contributed by atoms with Crippen molar-refractivity contribution in [1.29, 1.82) is 0 Å². The van der Waals surface area contributed by atoms with Gasteiger partial charge in [-0.2, -0.15) is 0 Å². The molecule has 82 valence electrons. The van der Waals surface area contributed by atoms with Gasteiger partial charge < -0.3 is 10.1 Å². The molecule has 1 aromatic carbocycles. The van der Waals surface area contributed by atoms with Crippen LogP contribution in [0.25, 0.3) is 0 Å². The Bertz CT molecular complexity index is 283. The molecule has 1 aliphatic rings. The highest BCUT2D eigenvalue weighted by atomic mass is 16.5. The number of morpholine rings is 1. The van der Waals surface area contributed by atoms with Crippen LogP contribution in [0.4, 0.5) is 0 Å². The Kier molecular flexibility index (Phi) is 3.72. The van der Waals surface area contributed by atoms with Gasteiger partial charge >= 0.3 is 0 Å². The molecule has 1 aliphatic heterocycles. The number of nitrogens with one attached hydrogen (secondary N) is 2. The molecular weight excluding hydrogens is 188 g/mol. The molecule has 2 unspecified atom stereocenters. The zero-order valence-corrected chi connectivity index (χ0v) is 9.07. The first-order chi connectivity index (χ1) is 7.36. The summed E-state index contributed by atoms with van der Waals surface area (Å²) in [6.07, 6.45) is 0.133. The molecule has 1 fully saturated rings. The number of rotatable bonds is 3. The van der Waals surface area contributed by atoms with Crippen LogP contribution in [0, 0.1) is 0 Å². The second-order valence-corrected chi connectivity index (χ2v) is 3.86. The summed E-state index contributed by atoms with van der Waals surface area (Å²) in [7, 11) is 0. The van der Waals surface area contributed by atoms with Crippen LogP contribution in [0.3, 0.4) is 0 Å². The Labute approximate surface area is 90.8 Å². The summed E-state index contributed by atoms with van der Waals surface area (Å²) in [6.45, 7) is 4.79. The van der Waals surface area contributed by atoms with Gasteiger partial charge in [-0.05, 0) is 12.5 Å². The Hall–Kier alpha value is -0.900. The van der Waals surface area contributed by atoms with E-state index in [1.54, 1.807) is 0 Å². The number of hydrogen-bond acceptors (Lipinski definition) is 3. The van der Waals surface area contributed by atoms with Crippen molar-refractivity contribution >= 4 is 0 Å². The Balaban J connectivity index is 1.88. The zero-order valence-electron chi connectivity index (χ0n) is 9.07. The smallest absolute Gasteiger partial charge is 0.121 e. The third-order valence-electron chi connectivity index (χ3n) is 2.66. The van der Waals surface area contributed by atoms with Crippen LogP contribution in [0.2, 0.25) is 0 Å². The van der Waals surface area contributed by atoms with Gasteiger partial charge in [0.15, 0.2) is 0 Å². The fourth-order valence-electron chi connectivity index (χ4n) is 1.79. The Morgan fingerprint density at radius 2 is 2.20 bits per heavy atom. The van der Waals surface area contributed by atoms with E-state index >= 15 is 0 Å². The van der Waals surface area contributed by atoms with Crippen molar-refractivity contribution in [2.45, 2.75) is 19.2 Å².